The number of hydrogen-bond donors (Lipinski definition) is 3. The van der Waals surface area contributed by atoms with Crippen molar-refractivity contribution in [2.24, 2.45) is 5.10 Å². The summed E-state index contributed by atoms with van der Waals surface area (Å²) in [5, 5.41) is 23.0. The van der Waals surface area contributed by atoms with Crippen LogP contribution >= 0.6 is 0 Å². The minimum Gasteiger partial charge on any atom is -0.508 e. The third kappa shape index (κ3) is 4.49. The van der Waals surface area contributed by atoms with Gasteiger partial charge in [-0.15, -0.1) is 0 Å². The summed E-state index contributed by atoms with van der Waals surface area (Å²) >= 11 is 0. The largest absolute Gasteiger partial charge is 0.508 e. The van der Waals surface area contributed by atoms with E-state index in [0.29, 0.717) is 29.2 Å². The second kappa shape index (κ2) is 8.01. The molecule has 2 rings (SSSR count). The third-order valence-corrected chi connectivity index (χ3v) is 3.29. The SMILES string of the molecule is CCCOc1ccc(C(=O)N/N=C(/C)c2ccc(O)cc2O)cc1. The van der Waals surface area contributed by atoms with Crippen molar-refractivity contribution in [2.75, 3.05) is 6.61 Å². The number of hydrogen-bond acceptors (Lipinski definition) is 5. The van der Waals surface area contributed by atoms with E-state index in [2.05, 4.69) is 10.5 Å². The highest BCUT2D eigenvalue weighted by atomic mass is 16.5. The summed E-state index contributed by atoms with van der Waals surface area (Å²) in [6.45, 7) is 4.30. The monoisotopic (exact) mass is 328 g/mol. The first-order valence-electron chi connectivity index (χ1n) is 7.61. The first kappa shape index (κ1) is 17.3. The summed E-state index contributed by atoms with van der Waals surface area (Å²) in [6.07, 6.45) is 0.917. The molecule has 0 radical (unpaired) electrons. The molecule has 3 N–H and O–H groups in total. The lowest BCUT2D eigenvalue weighted by Crippen LogP contribution is -2.19. The highest BCUT2D eigenvalue weighted by Gasteiger charge is 2.08. The van der Waals surface area contributed by atoms with Crippen LogP contribution in [0.5, 0.6) is 17.2 Å². The lowest BCUT2D eigenvalue weighted by molar-refractivity contribution is 0.0954. The van der Waals surface area contributed by atoms with Crippen LogP contribution in [0.2, 0.25) is 0 Å². The number of carbonyl (C=O) groups is 1. The van der Waals surface area contributed by atoms with Gasteiger partial charge in [0, 0.05) is 17.2 Å². The quantitative estimate of drug-likeness (QED) is 0.561. The molecular formula is C18H20N2O4. The molecule has 2 aromatic rings. The van der Waals surface area contributed by atoms with Crippen LogP contribution in [0.3, 0.4) is 0 Å². The number of aromatic hydroxyl groups is 2. The first-order valence-corrected chi connectivity index (χ1v) is 7.61. The molecule has 0 heterocycles. The van der Waals surface area contributed by atoms with E-state index >= 15 is 0 Å². The van der Waals surface area contributed by atoms with Crippen LogP contribution in [0, 0.1) is 0 Å². The van der Waals surface area contributed by atoms with E-state index in [1.165, 1.54) is 18.2 Å². The van der Waals surface area contributed by atoms with Gasteiger partial charge in [0.1, 0.15) is 17.2 Å². The molecule has 0 aliphatic rings. The van der Waals surface area contributed by atoms with E-state index in [9.17, 15) is 15.0 Å². The van der Waals surface area contributed by atoms with E-state index in [1.54, 1.807) is 31.2 Å². The van der Waals surface area contributed by atoms with Crippen molar-refractivity contribution >= 4 is 11.6 Å². The summed E-state index contributed by atoms with van der Waals surface area (Å²) in [7, 11) is 0. The number of hydrazone groups is 1. The zero-order valence-corrected chi connectivity index (χ0v) is 13.6. The summed E-state index contributed by atoms with van der Waals surface area (Å²) in [5.74, 6) is 0.193. The summed E-state index contributed by atoms with van der Waals surface area (Å²) in [6, 6.07) is 10.9. The number of rotatable bonds is 6. The standard InChI is InChI=1S/C18H20N2O4/c1-3-10-24-15-7-4-13(5-8-15)18(23)20-19-12(2)16-9-6-14(21)11-17(16)22/h4-9,11,21-22H,3,10H2,1-2H3,(H,20,23)/b19-12-. The predicted octanol–water partition coefficient (Wildman–Crippen LogP) is 3.04. The number of amides is 1. The minimum absolute atomic E-state index is 0.0431. The van der Waals surface area contributed by atoms with Gasteiger partial charge < -0.3 is 14.9 Å². The maximum atomic E-state index is 12.1. The topological polar surface area (TPSA) is 91.2 Å². The molecule has 0 unspecified atom stereocenters. The van der Waals surface area contributed by atoms with E-state index < -0.39 is 0 Å². The first-order chi connectivity index (χ1) is 11.5. The van der Waals surface area contributed by atoms with Gasteiger partial charge in [-0.05, 0) is 49.7 Å². The maximum absolute atomic E-state index is 12.1. The van der Waals surface area contributed by atoms with Crippen LogP contribution in [0.25, 0.3) is 0 Å². The highest BCUT2D eigenvalue weighted by Crippen LogP contribution is 2.23. The minimum atomic E-state index is -0.366. The maximum Gasteiger partial charge on any atom is 0.271 e. The van der Waals surface area contributed by atoms with Crippen molar-refractivity contribution in [3.63, 3.8) is 0 Å². The molecule has 0 bridgehead atoms. The Morgan fingerprint density at radius 2 is 1.88 bits per heavy atom. The van der Waals surface area contributed by atoms with Crippen LogP contribution in [-0.2, 0) is 0 Å². The molecule has 0 aliphatic heterocycles. The van der Waals surface area contributed by atoms with Gasteiger partial charge in [-0.25, -0.2) is 5.43 Å². The Hall–Kier alpha value is -3.02. The lowest BCUT2D eigenvalue weighted by Gasteiger charge is -2.07. The number of carbonyl (C=O) groups excluding carboxylic acids is 1. The van der Waals surface area contributed by atoms with Crippen LogP contribution in [0.15, 0.2) is 47.6 Å². The Morgan fingerprint density at radius 1 is 1.17 bits per heavy atom. The molecule has 0 saturated heterocycles. The number of ether oxygens (including phenoxy) is 1. The third-order valence-electron chi connectivity index (χ3n) is 3.29. The normalized spacial score (nSPS) is 11.2. The molecule has 0 saturated carbocycles. The van der Waals surface area contributed by atoms with Gasteiger partial charge in [-0.3, -0.25) is 4.79 Å². The summed E-state index contributed by atoms with van der Waals surface area (Å²) in [4.78, 5) is 12.1. The number of nitrogens with zero attached hydrogens (tertiary/aromatic N) is 1. The number of phenols is 2. The van der Waals surface area contributed by atoms with Crippen molar-refractivity contribution < 1.29 is 19.7 Å². The van der Waals surface area contributed by atoms with Crippen molar-refractivity contribution in [1.82, 2.24) is 5.43 Å². The second-order valence-electron chi connectivity index (χ2n) is 5.21. The van der Waals surface area contributed by atoms with Crippen molar-refractivity contribution in [3.05, 3.63) is 53.6 Å². The molecule has 0 aliphatic carbocycles. The zero-order chi connectivity index (χ0) is 17.5. The van der Waals surface area contributed by atoms with Gasteiger partial charge in [0.15, 0.2) is 0 Å². The Morgan fingerprint density at radius 3 is 2.50 bits per heavy atom. The molecule has 0 atom stereocenters. The molecule has 126 valence electrons. The fourth-order valence-corrected chi connectivity index (χ4v) is 2.01. The number of phenolic OH excluding ortho intramolecular Hbond substituents is 2. The van der Waals surface area contributed by atoms with Crippen LogP contribution in [0.1, 0.15) is 36.2 Å². The van der Waals surface area contributed by atoms with Crippen LogP contribution < -0.4 is 10.2 Å². The molecule has 6 nitrogen and oxygen atoms in total. The molecule has 0 aromatic heterocycles. The molecular weight excluding hydrogens is 308 g/mol. The molecule has 0 fully saturated rings. The number of nitrogens with one attached hydrogen (secondary N) is 1. The predicted molar refractivity (Wildman–Crippen MR) is 91.7 cm³/mol. The van der Waals surface area contributed by atoms with Gasteiger partial charge in [-0.2, -0.15) is 5.10 Å². The second-order valence-corrected chi connectivity index (χ2v) is 5.21. The summed E-state index contributed by atoms with van der Waals surface area (Å²) < 4.78 is 5.46. The van der Waals surface area contributed by atoms with Gasteiger partial charge >= 0.3 is 0 Å². The fraction of sp³-hybridized carbons (Fsp3) is 0.222. The fourth-order valence-electron chi connectivity index (χ4n) is 2.01. The van der Waals surface area contributed by atoms with Crippen molar-refractivity contribution in [1.29, 1.82) is 0 Å². The van der Waals surface area contributed by atoms with Gasteiger partial charge in [0.05, 0.1) is 12.3 Å². The Kier molecular flexibility index (Phi) is 5.78. The smallest absolute Gasteiger partial charge is 0.271 e. The Balaban J connectivity index is 2.03. The number of benzene rings is 2. The Labute approximate surface area is 140 Å². The van der Waals surface area contributed by atoms with Gasteiger partial charge in [0.2, 0.25) is 0 Å². The summed E-state index contributed by atoms with van der Waals surface area (Å²) in [5.41, 5.74) is 3.73. The molecule has 1 amide bonds. The molecule has 0 spiro atoms. The molecule has 24 heavy (non-hydrogen) atoms. The van der Waals surface area contributed by atoms with E-state index in [0.717, 1.165) is 6.42 Å². The molecule has 6 heteroatoms. The van der Waals surface area contributed by atoms with Gasteiger partial charge in [0.25, 0.3) is 5.91 Å². The van der Waals surface area contributed by atoms with Crippen LogP contribution in [0.4, 0.5) is 0 Å². The van der Waals surface area contributed by atoms with Gasteiger partial charge in [-0.1, -0.05) is 6.92 Å². The Bertz CT molecular complexity index is 739. The van der Waals surface area contributed by atoms with E-state index in [1.807, 2.05) is 6.92 Å². The van der Waals surface area contributed by atoms with Crippen LogP contribution in [-0.4, -0.2) is 28.4 Å². The zero-order valence-electron chi connectivity index (χ0n) is 13.6. The van der Waals surface area contributed by atoms with E-state index in [4.69, 9.17) is 4.74 Å². The van der Waals surface area contributed by atoms with Crippen molar-refractivity contribution in [2.45, 2.75) is 20.3 Å². The lowest BCUT2D eigenvalue weighted by atomic mass is 10.1. The highest BCUT2D eigenvalue weighted by molar-refractivity contribution is 6.02. The van der Waals surface area contributed by atoms with Crippen molar-refractivity contribution in [3.8, 4) is 17.2 Å². The van der Waals surface area contributed by atoms with E-state index in [-0.39, 0.29) is 17.4 Å². The molecule has 2 aromatic carbocycles. The average molecular weight is 328 g/mol. The average Bonchev–Trinajstić information content (AvgIpc) is 2.58.